The highest BCUT2D eigenvalue weighted by Crippen LogP contribution is 2.04. The van der Waals surface area contributed by atoms with Crippen LogP contribution in [0.25, 0.3) is 0 Å². The Morgan fingerprint density at radius 2 is 2.43 bits per heavy atom. The average Bonchev–Trinajstić information content (AvgIpc) is 2.48. The van der Waals surface area contributed by atoms with E-state index in [0.29, 0.717) is 0 Å². The summed E-state index contributed by atoms with van der Waals surface area (Å²) in [5.74, 6) is -0.145. The Morgan fingerprint density at radius 1 is 1.71 bits per heavy atom. The first-order chi connectivity index (χ1) is 6.65. The summed E-state index contributed by atoms with van der Waals surface area (Å²) in [7, 11) is 1.91. The van der Waals surface area contributed by atoms with Gasteiger partial charge in [-0.3, -0.25) is 5.21 Å². The van der Waals surface area contributed by atoms with Gasteiger partial charge in [0.1, 0.15) is 0 Å². The largest absolute Gasteiger partial charge is 0.367 e. The van der Waals surface area contributed by atoms with Crippen LogP contribution < -0.4 is 11.2 Å². The van der Waals surface area contributed by atoms with Gasteiger partial charge in [0, 0.05) is 13.2 Å². The maximum Gasteiger partial charge on any atom is 0.237 e. The minimum Gasteiger partial charge on any atom is -0.367 e. The van der Waals surface area contributed by atoms with Crippen molar-refractivity contribution in [3.8, 4) is 0 Å². The van der Waals surface area contributed by atoms with Crippen LogP contribution in [0, 0.1) is 6.92 Å². The number of hydrogen-bond acceptors (Lipinski definition) is 3. The summed E-state index contributed by atoms with van der Waals surface area (Å²) in [6.07, 6.45) is 3.49. The highest BCUT2D eigenvalue weighted by Gasteiger charge is 1.97. The molecule has 6 nitrogen and oxygen atoms in total. The van der Waals surface area contributed by atoms with Crippen molar-refractivity contribution in [2.24, 2.45) is 23.0 Å². The van der Waals surface area contributed by atoms with E-state index in [4.69, 9.17) is 10.9 Å². The van der Waals surface area contributed by atoms with Gasteiger partial charge in [-0.1, -0.05) is 0 Å². The summed E-state index contributed by atoms with van der Waals surface area (Å²) >= 11 is 0. The third-order valence-corrected chi connectivity index (χ3v) is 1.79. The van der Waals surface area contributed by atoms with E-state index in [9.17, 15) is 0 Å². The number of guanidine groups is 1. The summed E-state index contributed by atoms with van der Waals surface area (Å²) in [6, 6.07) is 1.97. The van der Waals surface area contributed by atoms with Crippen molar-refractivity contribution < 1.29 is 5.21 Å². The Hall–Kier alpha value is -1.82. The van der Waals surface area contributed by atoms with Gasteiger partial charge in [-0.2, -0.15) is 5.10 Å². The molecule has 0 unspecified atom stereocenters. The Kier molecular flexibility index (Phi) is 3.24. The number of nitrogens with zero attached hydrogens (tertiary/aromatic N) is 3. The molecule has 0 saturated heterocycles. The predicted octanol–water partition coefficient (Wildman–Crippen LogP) is -0.0391. The van der Waals surface area contributed by atoms with Crippen molar-refractivity contribution >= 4 is 12.2 Å². The zero-order valence-electron chi connectivity index (χ0n) is 8.10. The van der Waals surface area contributed by atoms with E-state index in [2.05, 4.69) is 10.2 Å². The Bertz CT molecular complexity index is 346. The first kappa shape index (κ1) is 10.3. The second-order valence-corrected chi connectivity index (χ2v) is 2.84. The summed E-state index contributed by atoms with van der Waals surface area (Å²) in [5, 5.41) is 15.5. The van der Waals surface area contributed by atoms with Crippen LogP contribution in [-0.2, 0) is 7.05 Å². The van der Waals surface area contributed by atoms with Crippen molar-refractivity contribution in [2.75, 3.05) is 0 Å². The summed E-state index contributed by atoms with van der Waals surface area (Å²) in [6.45, 7) is 1.97. The number of aromatic nitrogens is 1. The van der Waals surface area contributed by atoms with Gasteiger partial charge in [0.25, 0.3) is 0 Å². The average molecular weight is 195 g/mol. The normalized spacial score (nSPS) is 12.4. The molecule has 0 aliphatic rings. The van der Waals surface area contributed by atoms with E-state index in [1.807, 2.05) is 30.8 Å². The number of nitrogens with one attached hydrogen (secondary N) is 1. The smallest absolute Gasteiger partial charge is 0.237 e. The van der Waals surface area contributed by atoms with E-state index in [1.165, 1.54) is 0 Å². The van der Waals surface area contributed by atoms with Crippen LogP contribution in [0.15, 0.2) is 22.5 Å². The lowest BCUT2D eigenvalue weighted by Gasteiger charge is -1.96. The fourth-order valence-corrected chi connectivity index (χ4v) is 1.03. The fraction of sp³-hybridized carbons (Fsp3) is 0.250. The molecule has 4 N–H and O–H groups in total. The molecular weight excluding hydrogens is 182 g/mol. The standard InChI is InChI=1S/C8H13N5O/c1-6-3-4-13(2)7(6)5-10-11-8(9)12-14/h3-5,14H,1-2H3,(H3,9,11,12)/b10-5+. The van der Waals surface area contributed by atoms with Gasteiger partial charge < -0.3 is 10.3 Å². The molecule has 0 fully saturated rings. The molecule has 0 radical (unpaired) electrons. The van der Waals surface area contributed by atoms with Gasteiger partial charge in [0.05, 0.1) is 11.9 Å². The van der Waals surface area contributed by atoms with Crippen molar-refractivity contribution in [1.82, 2.24) is 10.0 Å². The van der Waals surface area contributed by atoms with Crippen molar-refractivity contribution in [2.45, 2.75) is 6.92 Å². The fourth-order valence-electron chi connectivity index (χ4n) is 1.03. The second kappa shape index (κ2) is 4.43. The van der Waals surface area contributed by atoms with Gasteiger partial charge in [0.15, 0.2) is 0 Å². The SMILES string of the molecule is Cc1ccn(C)c1/C=N/N=C(\N)NO. The lowest BCUT2D eigenvalue weighted by molar-refractivity contribution is 0.232. The van der Waals surface area contributed by atoms with Crippen LogP contribution in [0.5, 0.6) is 0 Å². The van der Waals surface area contributed by atoms with Gasteiger partial charge in [-0.05, 0) is 18.6 Å². The molecular formula is C8H13N5O. The van der Waals surface area contributed by atoms with E-state index < -0.39 is 0 Å². The van der Waals surface area contributed by atoms with Crippen LogP contribution in [0.2, 0.25) is 0 Å². The molecule has 6 heteroatoms. The topological polar surface area (TPSA) is 87.9 Å². The highest BCUT2D eigenvalue weighted by atomic mass is 16.5. The molecule has 0 amide bonds. The first-order valence-corrected chi connectivity index (χ1v) is 4.03. The number of hydroxylamine groups is 1. The molecule has 14 heavy (non-hydrogen) atoms. The number of nitrogens with two attached hydrogens (primary N) is 1. The molecule has 0 aromatic carbocycles. The lowest BCUT2D eigenvalue weighted by atomic mass is 10.3. The minimum atomic E-state index is -0.145. The third-order valence-electron chi connectivity index (χ3n) is 1.79. The molecule has 76 valence electrons. The first-order valence-electron chi connectivity index (χ1n) is 4.03. The molecule has 0 bridgehead atoms. The molecule has 1 aromatic heterocycles. The van der Waals surface area contributed by atoms with Gasteiger partial charge >= 0.3 is 0 Å². The second-order valence-electron chi connectivity index (χ2n) is 2.84. The van der Waals surface area contributed by atoms with E-state index in [1.54, 1.807) is 11.7 Å². The third kappa shape index (κ3) is 2.33. The highest BCUT2D eigenvalue weighted by molar-refractivity contribution is 5.81. The van der Waals surface area contributed by atoms with Gasteiger partial charge in [-0.25, -0.2) is 5.48 Å². The molecule has 0 aliphatic carbocycles. The molecule has 1 rings (SSSR count). The minimum absolute atomic E-state index is 0.145. The summed E-state index contributed by atoms with van der Waals surface area (Å²) in [4.78, 5) is 0. The van der Waals surface area contributed by atoms with E-state index in [0.717, 1.165) is 11.3 Å². The van der Waals surface area contributed by atoms with Crippen LogP contribution in [0.1, 0.15) is 11.3 Å². The molecule has 0 atom stereocenters. The predicted molar refractivity (Wildman–Crippen MR) is 54.3 cm³/mol. The number of rotatable bonds is 2. The monoisotopic (exact) mass is 195 g/mol. The van der Waals surface area contributed by atoms with Gasteiger partial charge in [0.2, 0.25) is 5.96 Å². The van der Waals surface area contributed by atoms with Crippen molar-refractivity contribution in [1.29, 1.82) is 0 Å². The maximum absolute atomic E-state index is 8.32. The number of aryl methyl sites for hydroxylation is 2. The van der Waals surface area contributed by atoms with Crippen LogP contribution in [0.3, 0.4) is 0 Å². The Labute approximate surface area is 81.7 Å². The maximum atomic E-state index is 8.32. The zero-order chi connectivity index (χ0) is 10.6. The quantitative estimate of drug-likeness (QED) is 0.351. The van der Waals surface area contributed by atoms with Crippen molar-refractivity contribution in [3.05, 3.63) is 23.5 Å². The van der Waals surface area contributed by atoms with Crippen LogP contribution >= 0.6 is 0 Å². The van der Waals surface area contributed by atoms with E-state index >= 15 is 0 Å². The Balaban J connectivity index is 2.78. The summed E-state index contributed by atoms with van der Waals surface area (Å²) in [5.41, 5.74) is 8.88. The molecule has 0 spiro atoms. The van der Waals surface area contributed by atoms with E-state index in [-0.39, 0.29) is 5.96 Å². The summed E-state index contributed by atoms with van der Waals surface area (Å²) < 4.78 is 1.91. The van der Waals surface area contributed by atoms with Crippen LogP contribution in [0.4, 0.5) is 0 Å². The van der Waals surface area contributed by atoms with Crippen LogP contribution in [-0.4, -0.2) is 21.9 Å². The number of hydrogen-bond donors (Lipinski definition) is 3. The van der Waals surface area contributed by atoms with Crippen molar-refractivity contribution in [3.63, 3.8) is 0 Å². The zero-order valence-corrected chi connectivity index (χ0v) is 8.10. The Morgan fingerprint density at radius 3 is 2.93 bits per heavy atom. The molecule has 1 aromatic rings. The van der Waals surface area contributed by atoms with Gasteiger partial charge in [-0.15, -0.1) is 5.10 Å². The lowest BCUT2D eigenvalue weighted by Crippen LogP contribution is -2.27. The molecule has 0 saturated carbocycles. The molecule has 0 aliphatic heterocycles. The molecule has 1 heterocycles.